The predicted octanol–water partition coefficient (Wildman–Crippen LogP) is 14.0. The van der Waals surface area contributed by atoms with Gasteiger partial charge >= 0.3 is 0 Å². The topological polar surface area (TPSA) is 26.3 Å². The fraction of sp³-hybridized carbons (Fsp3) is 0. The Morgan fingerprint density at radius 2 is 0.878 bits per heavy atom. The first-order valence-corrected chi connectivity index (χ1v) is 17.4. The highest BCUT2D eigenvalue weighted by molar-refractivity contribution is 7.25. The molecule has 0 radical (unpaired) electrons. The van der Waals surface area contributed by atoms with E-state index in [1.807, 2.05) is 23.5 Å². The van der Waals surface area contributed by atoms with Gasteiger partial charge < -0.3 is 8.83 Å². The molecule has 0 aliphatic heterocycles. The molecular weight excluding hydrogens is 617 g/mol. The van der Waals surface area contributed by atoms with Crippen LogP contribution in [0.4, 0.5) is 0 Å². The Labute approximate surface area is 285 Å². The number of fused-ring (bicyclic) bond motifs is 9. The van der Waals surface area contributed by atoms with Crippen molar-refractivity contribution in [3.05, 3.63) is 158 Å². The van der Waals surface area contributed by atoms with E-state index in [2.05, 4.69) is 146 Å². The molecule has 49 heavy (non-hydrogen) atoms. The molecule has 0 bridgehead atoms. The summed E-state index contributed by atoms with van der Waals surface area (Å²) in [7, 11) is 0. The highest BCUT2D eigenvalue weighted by atomic mass is 32.1. The lowest BCUT2D eigenvalue weighted by Gasteiger charge is -2.17. The van der Waals surface area contributed by atoms with Crippen LogP contribution in [0.3, 0.4) is 0 Å². The van der Waals surface area contributed by atoms with E-state index in [4.69, 9.17) is 8.83 Å². The van der Waals surface area contributed by atoms with Gasteiger partial charge in [-0.1, -0.05) is 127 Å². The van der Waals surface area contributed by atoms with Crippen molar-refractivity contribution >= 4 is 86.0 Å². The molecule has 0 aliphatic carbocycles. The second-order valence-corrected chi connectivity index (χ2v) is 13.8. The van der Waals surface area contributed by atoms with Gasteiger partial charge in [0.2, 0.25) is 0 Å². The van der Waals surface area contributed by atoms with E-state index >= 15 is 0 Å². The van der Waals surface area contributed by atoms with Crippen LogP contribution in [0.15, 0.2) is 167 Å². The Hall–Kier alpha value is -6.16. The third-order valence-electron chi connectivity index (χ3n) is 10.1. The largest absolute Gasteiger partial charge is 0.456 e. The van der Waals surface area contributed by atoms with Crippen molar-refractivity contribution in [3.63, 3.8) is 0 Å². The Morgan fingerprint density at radius 3 is 1.63 bits per heavy atom. The average molecular weight is 643 g/mol. The summed E-state index contributed by atoms with van der Waals surface area (Å²) in [6, 6.07) is 56.4. The molecule has 0 amide bonds. The van der Waals surface area contributed by atoms with E-state index in [9.17, 15) is 0 Å². The van der Waals surface area contributed by atoms with Gasteiger partial charge in [0.25, 0.3) is 0 Å². The first-order valence-electron chi connectivity index (χ1n) is 16.6. The smallest absolute Gasteiger partial charge is 0.144 e. The van der Waals surface area contributed by atoms with Gasteiger partial charge in [0.1, 0.15) is 22.5 Å². The Kier molecular flexibility index (Phi) is 5.57. The molecular formula is C46H26O2S. The van der Waals surface area contributed by atoms with Gasteiger partial charge in [0.15, 0.2) is 0 Å². The molecule has 3 heteroatoms. The van der Waals surface area contributed by atoms with E-state index < -0.39 is 0 Å². The second kappa shape index (κ2) is 10.2. The second-order valence-electron chi connectivity index (χ2n) is 12.8. The minimum absolute atomic E-state index is 0.848. The third-order valence-corrected chi connectivity index (χ3v) is 11.2. The molecule has 8 aromatic carbocycles. The SMILES string of the molecule is c1ccc(-c2c(-c3c4ccccc4c(-c4ccc5c(c4)sc4ccccc45)c4ccccc34)oc3cc4c(cc23)oc2ccccc24)cc1. The summed E-state index contributed by atoms with van der Waals surface area (Å²) >= 11 is 1.86. The van der Waals surface area contributed by atoms with Crippen LogP contribution in [0.5, 0.6) is 0 Å². The van der Waals surface area contributed by atoms with Crippen LogP contribution >= 0.6 is 11.3 Å². The van der Waals surface area contributed by atoms with E-state index in [1.54, 1.807) is 0 Å². The minimum atomic E-state index is 0.848. The van der Waals surface area contributed by atoms with Crippen LogP contribution in [0.25, 0.3) is 108 Å². The summed E-state index contributed by atoms with van der Waals surface area (Å²) in [6.45, 7) is 0. The highest BCUT2D eigenvalue weighted by Crippen LogP contribution is 2.50. The molecule has 2 nitrogen and oxygen atoms in total. The van der Waals surface area contributed by atoms with Crippen molar-refractivity contribution in [2.75, 3.05) is 0 Å². The lowest BCUT2D eigenvalue weighted by Crippen LogP contribution is -1.91. The summed E-state index contributed by atoms with van der Waals surface area (Å²) < 4.78 is 16.1. The summed E-state index contributed by atoms with van der Waals surface area (Å²) in [5, 5.41) is 10.6. The maximum Gasteiger partial charge on any atom is 0.144 e. The van der Waals surface area contributed by atoms with Crippen LogP contribution in [-0.2, 0) is 0 Å². The highest BCUT2D eigenvalue weighted by Gasteiger charge is 2.25. The van der Waals surface area contributed by atoms with Crippen molar-refractivity contribution in [1.82, 2.24) is 0 Å². The summed E-state index contributed by atoms with van der Waals surface area (Å²) in [5.74, 6) is 0.872. The summed E-state index contributed by atoms with van der Waals surface area (Å²) in [5.41, 5.74) is 8.35. The lowest BCUT2D eigenvalue weighted by molar-refractivity contribution is 0.633. The number of para-hydroxylation sites is 1. The zero-order chi connectivity index (χ0) is 32.1. The number of thiophene rings is 1. The molecule has 0 saturated heterocycles. The van der Waals surface area contributed by atoms with Crippen LogP contribution in [-0.4, -0.2) is 0 Å². The van der Waals surface area contributed by atoms with Crippen LogP contribution in [0.2, 0.25) is 0 Å². The Balaban J connectivity index is 1.25. The molecule has 0 N–H and O–H groups in total. The van der Waals surface area contributed by atoms with Gasteiger partial charge in [0.05, 0.1) is 0 Å². The standard InChI is InChI=1S/C46H26O2S/c1-2-12-27(13-3-1)44-37-26-39-36(29-14-8-10-20-38(29)47-39)25-40(37)48-46(44)45-34-18-6-4-16-32(34)43(33-17-5-7-19-35(33)45)28-22-23-31-30-15-9-11-21-41(30)49-42(31)24-28/h1-26H. The normalized spacial score (nSPS) is 12.1. The van der Waals surface area contributed by atoms with Gasteiger partial charge in [-0.3, -0.25) is 0 Å². The quantitative estimate of drug-likeness (QED) is 0.179. The van der Waals surface area contributed by atoms with Crippen molar-refractivity contribution in [2.24, 2.45) is 0 Å². The third kappa shape index (κ3) is 3.88. The van der Waals surface area contributed by atoms with Crippen molar-refractivity contribution in [1.29, 1.82) is 0 Å². The van der Waals surface area contributed by atoms with Crippen LogP contribution in [0, 0.1) is 0 Å². The first-order chi connectivity index (χ1) is 24.3. The molecule has 3 heterocycles. The number of benzene rings is 8. The van der Waals surface area contributed by atoms with Gasteiger partial charge in [-0.25, -0.2) is 0 Å². The molecule has 228 valence electrons. The van der Waals surface area contributed by atoms with Crippen molar-refractivity contribution in [2.45, 2.75) is 0 Å². The van der Waals surface area contributed by atoms with Gasteiger partial charge in [-0.15, -0.1) is 11.3 Å². The molecule has 0 atom stereocenters. The molecule has 0 fully saturated rings. The molecule has 3 aromatic heterocycles. The molecule has 11 aromatic rings. The molecule has 0 aliphatic rings. The van der Waals surface area contributed by atoms with Gasteiger partial charge in [-0.2, -0.15) is 0 Å². The number of furan rings is 2. The van der Waals surface area contributed by atoms with E-state index in [1.165, 1.54) is 42.1 Å². The van der Waals surface area contributed by atoms with E-state index in [-0.39, 0.29) is 0 Å². The molecule has 0 unspecified atom stereocenters. The predicted molar refractivity (Wildman–Crippen MR) is 208 cm³/mol. The van der Waals surface area contributed by atoms with Crippen molar-refractivity contribution in [3.8, 4) is 33.6 Å². The number of hydrogen-bond acceptors (Lipinski definition) is 3. The number of hydrogen-bond donors (Lipinski definition) is 0. The maximum absolute atomic E-state index is 7.08. The molecule has 0 spiro atoms. The molecule has 11 rings (SSSR count). The lowest BCUT2D eigenvalue weighted by atomic mass is 9.86. The summed E-state index contributed by atoms with van der Waals surface area (Å²) in [4.78, 5) is 0. The van der Waals surface area contributed by atoms with Gasteiger partial charge in [-0.05, 0) is 68.6 Å². The van der Waals surface area contributed by atoms with E-state index in [0.29, 0.717) is 0 Å². The first kappa shape index (κ1) is 26.9. The van der Waals surface area contributed by atoms with Crippen molar-refractivity contribution < 1.29 is 8.83 Å². The monoisotopic (exact) mass is 642 g/mol. The maximum atomic E-state index is 7.08. The fourth-order valence-electron chi connectivity index (χ4n) is 7.95. The summed E-state index contributed by atoms with van der Waals surface area (Å²) in [6.07, 6.45) is 0. The fourth-order valence-corrected chi connectivity index (χ4v) is 9.09. The zero-order valence-electron chi connectivity index (χ0n) is 26.2. The average Bonchev–Trinajstić information content (AvgIpc) is 3.83. The number of rotatable bonds is 3. The van der Waals surface area contributed by atoms with Gasteiger partial charge in [0, 0.05) is 47.5 Å². The minimum Gasteiger partial charge on any atom is -0.456 e. The zero-order valence-corrected chi connectivity index (χ0v) is 27.1. The Morgan fingerprint density at radius 1 is 0.306 bits per heavy atom. The van der Waals surface area contributed by atoms with E-state index in [0.717, 1.165) is 66.1 Å². The van der Waals surface area contributed by atoms with Crippen LogP contribution < -0.4 is 0 Å². The Bertz CT molecular complexity index is 3050. The molecule has 0 saturated carbocycles. The van der Waals surface area contributed by atoms with Crippen LogP contribution in [0.1, 0.15) is 0 Å².